The van der Waals surface area contributed by atoms with Crippen molar-refractivity contribution in [2.75, 3.05) is 0 Å². The lowest BCUT2D eigenvalue weighted by molar-refractivity contribution is 0.949. The lowest BCUT2D eigenvalue weighted by atomic mass is 9.94. The number of nitrogens with zero attached hydrogens (tertiary/aromatic N) is 1. The minimum Gasteiger partial charge on any atom is -0.344 e. The van der Waals surface area contributed by atoms with E-state index in [1.807, 2.05) is 27.7 Å². The Balaban J connectivity index is 0.000000714. The van der Waals surface area contributed by atoms with Gasteiger partial charge in [0.05, 0.1) is 0 Å². The fourth-order valence-corrected chi connectivity index (χ4v) is 3.94. The zero-order chi connectivity index (χ0) is 24.7. The molecule has 1 unspecified atom stereocenters. The van der Waals surface area contributed by atoms with Gasteiger partial charge < -0.3 is 10.3 Å². The molecule has 0 aliphatic heterocycles. The average Bonchev–Trinajstić information content (AvgIpc) is 3.11. The van der Waals surface area contributed by atoms with Crippen LogP contribution in [0.2, 0.25) is 0 Å². The van der Waals surface area contributed by atoms with Crippen molar-refractivity contribution in [3.05, 3.63) is 109 Å². The SMILES string of the molecule is C=C(c1ccc2c(c1)c1cc(C(=C)C(C)N)ccc1n2C)c1ccccc1C.C=CC.CC. The summed E-state index contributed by atoms with van der Waals surface area (Å²) in [7, 11) is 2.11. The first-order valence-electron chi connectivity index (χ1n) is 11.6. The summed E-state index contributed by atoms with van der Waals surface area (Å²) in [4.78, 5) is 0. The predicted octanol–water partition coefficient (Wildman–Crippen LogP) is 8.28. The van der Waals surface area contributed by atoms with Crippen molar-refractivity contribution in [2.24, 2.45) is 12.8 Å². The maximum absolute atomic E-state index is 6.06. The molecule has 0 aliphatic carbocycles. The fourth-order valence-electron chi connectivity index (χ4n) is 3.94. The molecule has 0 aliphatic rings. The van der Waals surface area contributed by atoms with Gasteiger partial charge in [0.25, 0.3) is 0 Å². The number of nitrogens with two attached hydrogens (primary N) is 1. The zero-order valence-electron chi connectivity index (χ0n) is 21.1. The molecular weight excluding hydrogens is 400 g/mol. The van der Waals surface area contributed by atoms with Crippen LogP contribution < -0.4 is 5.73 Å². The molecule has 172 valence electrons. The molecule has 1 aromatic heterocycles. The highest BCUT2D eigenvalue weighted by molar-refractivity contribution is 6.10. The quantitative estimate of drug-likeness (QED) is 0.319. The molecule has 2 nitrogen and oxygen atoms in total. The van der Waals surface area contributed by atoms with Gasteiger partial charge in [-0.05, 0) is 78.4 Å². The highest BCUT2D eigenvalue weighted by Gasteiger charge is 2.13. The van der Waals surface area contributed by atoms with E-state index in [-0.39, 0.29) is 6.04 Å². The van der Waals surface area contributed by atoms with Gasteiger partial charge in [0, 0.05) is 34.9 Å². The lowest BCUT2D eigenvalue weighted by Gasteiger charge is -2.10. The van der Waals surface area contributed by atoms with Gasteiger partial charge in [-0.3, -0.25) is 0 Å². The van der Waals surface area contributed by atoms with Crippen molar-refractivity contribution in [1.82, 2.24) is 4.57 Å². The number of allylic oxidation sites excluding steroid dienone is 1. The number of hydrogen-bond acceptors (Lipinski definition) is 1. The highest BCUT2D eigenvalue weighted by atomic mass is 14.9. The number of rotatable bonds is 4. The van der Waals surface area contributed by atoms with Crippen molar-refractivity contribution >= 4 is 33.0 Å². The number of hydrogen-bond donors (Lipinski definition) is 1. The maximum atomic E-state index is 6.06. The van der Waals surface area contributed by atoms with Crippen LogP contribution in [0.1, 0.15) is 49.9 Å². The Morgan fingerprint density at radius 3 is 1.91 bits per heavy atom. The smallest absolute Gasteiger partial charge is 0.0489 e. The number of benzene rings is 3. The van der Waals surface area contributed by atoms with Crippen LogP contribution in [-0.2, 0) is 7.05 Å². The Labute approximate surface area is 199 Å². The zero-order valence-corrected chi connectivity index (χ0v) is 21.1. The number of fused-ring (bicyclic) bond motifs is 3. The summed E-state index contributed by atoms with van der Waals surface area (Å²) in [5, 5.41) is 2.44. The van der Waals surface area contributed by atoms with Crippen LogP contribution in [0.15, 0.2) is 86.5 Å². The lowest BCUT2D eigenvalue weighted by Crippen LogP contribution is -2.15. The molecule has 0 saturated carbocycles. The van der Waals surface area contributed by atoms with Crippen LogP contribution in [0.25, 0.3) is 33.0 Å². The van der Waals surface area contributed by atoms with E-state index in [0.29, 0.717) is 0 Å². The second kappa shape index (κ2) is 11.5. The summed E-state index contributed by atoms with van der Waals surface area (Å²) in [6, 6.07) is 21.4. The minimum atomic E-state index is -0.0659. The molecule has 0 spiro atoms. The van der Waals surface area contributed by atoms with Crippen molar-refractivity contribution in [3.63, 3.8) is 0 Å². The second-order valence-electron chi connectivity index (χ2n) is 8.04. The molecule has 0 amide bonds. The predicted molar refractivity (Wildman–Crippen MR) is 150 cm³/mol. The van der Waals surface area contributed by atoms with Crippen LogP contribution >= 0.6 is 0 Å². The van der Waals surface area contributed by atoms with E-state index in [1.165, 1.54) is 32.9 Å². The first-order valence-corrected chi connectivity index (χ1v) is 11.6. The van der Waals surface area contributed by atoms with Crippen molar-refractivity contribution in [1.29, 1.82) is 0 Å². The van der Waals surface area contributed by atoms with E-state index in [0.717, 1.165) is 22.3 Å². The minimum absolute atomic E-state index is 0.0659. The molecule has 4 aromatic rings. The Morgan fingerprint density at radius 2 is 1.39 bits per heavy atom. The van der Waals surface area contributed by atoms with Gasteiger partial charge in [-0.15, -0.1) is 6.58 Å². The molecule has 2 heteroatoms. The van der Waals surface area contributed by atoms with Gasteiger partial charge in [-0.1, -0.05) is 69.5 Å². The Morgan fingerprint density at radius 1 is 0.909 bits per heavy atom. The van der Waals surface area contributed by atoms with Crippen molar-refractivity contribution < 1.29 is 0 Å². The second-order valence-corrected chi connectivity index (χ2v) is 8.04. The van der Waals surface area contributed by atoms with E-state index >= 15 is 0 Å². The molecule has 33 heavy (non-hydrogen) atoms. The Bertz CT molecular complexity index is 1290. The van der Waals surface area contributed by atoms with Crippen LogP contribution in [0, 0.1) is 6.92 Å². The molecule has 2 N–H and O–H groups in total. The molecular formula is C31H38N2. The van der Waals surface area contributed by atoms with E-state index in [2.05, 4.69) is 98.9 Å². The van der Waals surface area contributed by atoms with Crippen LogP contribution in [0.3, 0.4) is 0 Å². The number of aryl methyl sites for hydroxylation is 2. The third-order valence-corrected chi connectivity index (χ3v) is 5.75. The molecule has 4 rings (SSSR count). The van der Waals surface area contributed by atoms with E-state index in [1.54, 1.807) is 6.08 Å². The van der Waals surface area contributed by atoms with E-state index in [4.69, 9.17) is 5.73 Å². The molecule has 1 atom stereocenters. The number of aromatic nitrogens is 1. The van der Waals surface area contributed by atoms with E-state index in [9.17, 15) is 0 Å². The summed E-state index contributed by atoms with van der Waals surface area (Å²) >= 11 is 0. The maximum Gasteiger partial charge on any atom is 0.0489 e. The van der Waals surface area contributed by atoms with Gasteiger partial charge in [0.2, 0.25) is 0 Å². The topological polar surface area (TPSA) is 30.9 Å². The van der Waals surface area contributed by atoms with Crippen molar-refractivity contribution in [2.45, 2.75) is 40.7 Å². The average molecular weight is 439 g/mol. The molecule has 1 heterocycles. The Hall–Kier alpha value is -3.36. The summed E-state index contributed by atoms with van der Waals surface area (Å²) in [6.45, 7) is 21.9. The first-order chi connectivity index (χ1) is 15.8. The van der Waals surface area contributed by atoms with Crippen LogP contribution in [-0.4, -0.2) is 10.6 Å². The molecule has 0 fully saturated rings. The fraction of sp³-hybridized carbons (Fsp3) is 0.226. The van der Waals surface area contributed by atoms with Gasteiger partial charge in [-0.25, -0.2) is 0 Å². The first kappa shape index (κ1) is 25.9. The molecule has 0 bridgehead atoms. The van der Waals surface area contributed by atoms with Gasteiger partial charge in [0.1, 0.15) is 0 Å². The Kier molecular flexibility index (Phi) is 9.02. The summed E-state index contributed by atoms with van der Waals surface area (Å²) in [5.74, 6) is 0. The highest BCUT2D eigenvalue weighted by Crippen LogP contribution is 2.34. The molecule has 0 radical (unpaired) electrons. The molecule has 0 saturated heterocycles. The van der Waals surface area contributed by atoms with Crippen LogP contribution in [0.4, 0.5) is 0 Å². The normalized spacial score (nSPS) is 11.1. The molecule has 3 aromatic carbocycles. The summed E-state index contributed by atoms with van der Waals surface area (Å²) < 4.78 is 2.24. The third-order valence-electron chi connectivity index (χ3n) is 5.75. The van der Waals surface area contributed by atoms with E-state index < -0.39 is 0 Å². The summed E-state index contributed by atoms with van der Waals surface area (Å²) in [5.41, 5.74) is 15.1. The largest absolute Gasteiger partial charge is 0.344 e. The van der Waals surface area contributed by atoms with Gasteiger partial charge in [-0.2, -0.15) is 0 Å². The van der Waals surface area contributed by atoms with Gasteiger partial charge in [0.15, 0.2) is 0 Å². The van der Waals surface area contributed by atoms with Gasteiger partial charge >= 0.3 is 0 Å². The monoisotopic (exact) mass is 438 g/mol. The summed E-state index contributed by atoms with van der Waals surface area (Å²) in [6.07, 6.45) is 1.75. The van der Waals surface area contributed by atoms with Crippen LogP contribution in [0.5, 0.6) is 0 Å². The van der Waals surface area contributed by atoms with Crippen molar-refractivity contribution in [3.8, 4) is 0 Å². The standard InChI is InChI=1S/C26H26N2.C3H6.C2H6/c1-16-8-6-7-9-22(16)18(3)21-11-13-26-24(15-21)23-14-20(17(2)19(4)27)10-12-25(23)28(26)5;1-3-2;1-2/h6-15,19H,2-3,27H2,1,4-5H3;3H,1H2,2H3;1-2H3. The third kappa shape index (κ3) is 5.35.